The van der Waals surface area contributed by atoms with Gasteiger partial charge in [-0.1, -0.05) is 17.7 Å². The summed E-state index contributed by atoms with van der Waals surface area (Å²) in [6.07, 6.45) is 1.69. The van der Waals surface area contributed by atoms with Gasteiger partial charge in [-0.25, -0.2) is 0 Å². The first-order chi connectivity index (χ1) is 10.6. The second-order valence-corrected chi connectivity index (χ2v) is 5.46. The maximum atomic E-state index is 12.5. The first-order valence-electron chi connectivity index (χ1n) is 6.81. The number of halogens is 1. The lowest BCUT2D eigenvalue weighted by molar-refractivity contribution is 0.102. The third-order valence-electron chi connectivity index (χ3n) is 3.58. The number of aromatic nitrogens is 1. The van der Waals surface area contributed by atoms with Gasteiger partial charge in [0, 0.05) is 27.8 Å². The maximum Gasteiger partial charge on any atom is 0.257 e. The van der Waals surface area contributed by atoms with Crippen molar-refractivity contribution in [3.05, 3.63) is 58.7 Å². The lowest BCUT2D eigenvalue weighted by Crippen LogP contribution is -2.12. The predicted molar refractivity (Wildman–Crippen MR) is 89.0 cm³/mol. The molecule has 0 saturated heterocycles. The van der Waals surface area contributed by atoms with Crippen molar-refractivity contribution in [2.45, 2.75) is 6.92 Å². The minimum absolute atomic E-state index is 0.190. The highest BCUT2D eigenvalue weighted by Crippen LogP contribution is 2.26. The van der Waals surface area contributed by atoms with Crippen LogP contribution in [0.3, 0.4) is 0 Å². The van der Waals surface area contributed by atoms with Crippen LogP contribution in [0.1, 0.15) is 15.9 Å². The lowest BCUT2D eigenvalue weighted by Gasteiger charge is -2.08. The van der Waals surface area contributed by atoms with E-state index in [4.69, 9.17) is 16.3 Å². The van der Waals surface area contributed by atoms with Gasteiger partial charge in [0.2, 0.25) is 0 Å². The molecule has 5 heteroatoms. The summed E-state index contributed by atoms with van der Waals surface area (Å²) in [5, 5.41) is 4.30. The van der Waals surface area contributed by atoms with Gasteiger partial charge in [-0.05, 0) is 42.8 Å². The van der Waals surface area contributed by atoms with Crippen molar-refractivity contribution < 1.29 is 9.53 Å². The number of fused-ring (bicyclic) bond motifs is 1. The number of aromatic amines is 1. The van der Waals surface area contributed by atoms with Crippen LogP contribution in [-0.2, 0) is 0 Å². The molecule has 2 N–H and O–H groups in total. The number of rotatable bonds is 3. The molecular formula is C17H15ClN2O2. The number of aryl methyl sites for hydroxylation is 1. The van der Waals surface area contributed by atoms with Gasteiger partial charge in [0.15, 0.2) is 0 Å². The number of benzene rings is 2. The topological polar surface area (TPSA) is 54.1 Å². The molecule has 0 unspecified atom stereocenters. The van der Waals surface area contributed by atoms with Crippen LogP contribution >= 0.6 is 11.6 Å². The van der Waals surface area contributed by atoms with Crippen molar-refractivity contribution in [3.8, 4) is 5.75 Å². The molecule has 4 nitrogen and oxygen atoms in total. The molecule has 0 bridgehead atoms. The van der Waals surface area contributed by atoms with Crippen LogP contribution in [0.25, 0.3) is 10.9 Å². The number of methoxy groups -OCH3 is 1. The van der Waals surface area contributed by atoms with Gasteiger partial charge in [0.05, 0.1) is 12.7 Å². The SMILES string of the molecule is COc1ccc2[nH]cc(C(=O)Nc3cc(Cl)ccc3C)c2c1. The number of carbonyl (C=O) groups is 1. The van der Waals surface area contributed by atoms with Crippen molar-refractivity contribution in [1.29, 1.82) is 0 Å². The number of anilines is 1. The highest BCUT2D eigenvalue weighted by atomic mass is 35.5. The van der Waals surface area contributed by atoms with Crippen LogP contribution in [0.2, 0.25) is 5.02 Å². The highest BCUT2D eigenvalue weighted by Gasteiger charge is 2.14. The van der Waals surface area contributed by atoms with E-state index < -0.39 is 0 Å². The van der Waals surface area contributed by atoms with Gasteiger partial charge in [-0.3, -0.25) is 4.79 Å². The largest absolute Gasteiger partial charge is 0.497 e. The molecule has 22 heavy (non-hydrogen) atoms. The van der Waals surface area contributed by atoms with Crippen LogP contribution in [0, 0.1) is 6.92 Å². The smallest absolute Gasteiger partial charge is 0.257 e. The Morgan fingerprint density at radius 1 is 1.23 bits per heavy atom. The molecule has 2 aromatic carbocycles. The maximum absolute atomic E-state index is 12.5. The molecule has 112 valence electrons. The van der Waals surface area contributed by atoms with Gasteiger partial charge in [-0.2, -0.15) is 0 Å². The van der Waals surface area contributed by atoms with Crippen molar-refractivity contribution >= 4 is 34.1 Å². The van der Waals surface area contributed by atoms with Gasteiger partial charge in [0.1, 0.15) is 5.75 Å². The van der Waals surface area contributed by atoms with E-state index in [0.29, 0.717) is 22.0 Å². The third kappa shape index (κ3) is 2.65. The molecule has 3 aromatic rings. The van der Waals surface area contributed by atoms with Crippen molar-refractivity contribution in [2.75, 3.05) is 12.4 Å². The molecule has 0 aliphatic carbocycles. The fraction of sp³-hybridized carbons (Fsp3) is 0.118. The molecule has 1 heterocycles. The molecule has 0 radical (unpaired) electrons. The van der Waals surface area contributed by atoms with E-state index in [9.17, 15) is 4.79 Å². The Morgan fingerprint density at radius 2 is 2.05 bits per heavy atom. The quantitative estimate of drug-likeness (QED) is 0.753. The summed E-state index contributed by atoms with van der Waals surface area (Å²) in [5.74, 6) is 0.518. The van der Waals surface area contributed by atoms with Crippen LogP contribution in [-0.4, -0.2) is 18.0 Å². The van der Waals surface area contributed by atoms with Crippen LogP contribution in [0.15, 0.2) is 42.6 Å². The van der Waals surface area contributed by atoms with Crippen molar-refractivity contribution in [2.24, 2.45) is 0 Å². The zero-order valence-electron chi connectivity index (χ0n) is 12.2. The fourth-order valence-corrected chi connectivity index (χ4v) is 2.51. The van der Waals surface area contributed by atoms with Gasteiger partial charge >= 0.3 is 0 Å². The van der Waals surface area contributed by atoms with Crippen molar-refractivity contribution in [1.82, 2.24) is 4.98 Å². The molecule has 0 spiro atoms. The Bertz CT molecular complexity index is 855. The number of carbonyl (C=O) groups excluding carboxylic acids is 1. The van der Waals surface area contributed by atoms with E-state index in [1.165, 1.54) is 0 Å². The number of hydrogen-bond acceptors (Lipinski definition) is 2. The average Bonchev–Trinajstić information content (AvgIpc) is 2.93. The molecule has 1 amide bonds. The summed E-state index contributed by atoms with van der Waals surface area (Å²) >= 11 is 5.99. The summed E-state index contributed by atoms with van der Waals surface area (Å²) in [6.45, 7) is 1.92. The van der Waals surface area contributed by atoms with E-state index in [2.05, 4.69) is 10.3 Å². The summed E-state index contributed by atoms with van der Waals surface area (Å²) in [5.41, 5.74) is 3.10. The van der Waals surface area contributed by atoms with E-state index in [-0.39, 0.29) is 5.91 Å². The normalized spacial score (nSPS) is 10.7. The summed E-state index contributed by atoms with van der Waals surface area (Å²) in [7, 11) is 1.60. The third-order valence-corrected chi connectivity index (χ3v) is 3.82. The van der Waals surface area contributed by atoms with Gasteiger partial charge < -0.3 is 15.0 Å². The van der Waals surface area contributed by atoms with E-state index >= 15 is 0 Å². The Hall–Kier alpha value is -2.46. The van der Waals surface area contributed by atoms with E-state index in [1.807, 2.05) is 31.2 Å². The highest BCUT2D eigenvalue weighted by molar-refractivity contribution is 6.31. The predicted octanol–water partition coefficient (Wildman–Crippen LogP) is 4.39. The Balaban J connectivity index is 1.97. The second kappa shape index (κ2) is 5.73. The number of nitrogens with one attached hydrogen (secondary N) is 2. The van der Waals surface area contributed by atoms with Crippen molar-refractivity contribution in [3.63, 3.8) is 0 Å². The van der Waals surface area contributed by atoms with Crippen LogP contribution in [0.5, 0.6) is 5.75 Å². The molecule has 0 saturated carbocycles. The van der Waals surface area contributed by atoms with E-state index in [1.54, 1.807) is 25.4 Å². The molecule has 0 aliphatic rings. The average molecular weight is 315 g/mol. The number of ether oxygens (including phenoxy) is 1. The Kier molecular flexibility index (Phi) is 3.77. The summed E-state index contributed by atoms with van der Waals surface area (Å²) in [6, 6.07) is 11.0. The second-order valence-electron chi connectivity index (χ2n) is 5.03. The number of H-pyrrole nitrogens is 1. The van der Waals surface area contributed by atoms with E-state index in [0.717, 1.165) is 16.5 Å². The summed E-state index contributed by atoms with van der Waals surface area (Å²) in [4.78, 5) is 15.6. The first kappa shape index (κ1) is 14.5. The molecule has 1 aromatic heterocycles. The minimum Gasteiger partial charge on any atom is -0.497 e. The van der Waals surface area contributed by atoms with Crippen LogP contribution < -0.4 is 10.1 Å². The monoisotopic (exact) mass is 314 g/mol. The molecule has 0 aliphatic heterocycles. The first-order valence-corrected chi connectivity index (χ1v) is 7.19. The standard InChI is InChI=1S/C17H15ClN2O2/c1-10-3-4-11(18)7-16(10)20-17(21)14-9-19-15-6-5-12(22-2)8-13(14)15/h3-9,19H,1-2H3,(H,20,21). The molecule has 0 atom stereocenters. The fourth-order valence-electron chi connectivity index (χ4n) is 2.33. The van der Waals surface area contributed by atoms with Gasteiger partial charge in [0.25, 0.3) is 5.91 Å². The Labute approximate surface area is 133 Å². The molecule has 0 fully saturated rings. The lowest BCUT2D eigenvalue weighted by atomic mass is 10.1. The zero-order chi connectivity index (χ0) is 15.7. The molecular weight excluding hydrogens is 300 g/mol. The van der Waals surface area contributed by atoms with Crippen LogP contribution in [0.4, 0.5) is 5.69 Å². The molecule has 3 rings (SSSR count). The zero-order valence-corrected chi connectivity index (χ0v) is 13.0. The number of amides is 1. The van der Waals surface area contributed by atoms with Gasteiger partial charge in [-0.15, -0.1) is 0 Å². The summed E-state index contributed by atoms with van der Waals surface area (Å²) < 4.78 is 5.22. The number of hydrogen-bond donors (Lipinski definition) is 2. The minimum atomic E-state index is -0.190. The Morgan fingerprint density at radius 3 is 2.82 bits per heavy atom.